The summed E-state index contributed by atoms with van der Waals surface area (Å²) >= 11 is 5.78. The molecule has 0 heterocycles. The van der Waals surface area contributed by atoms with Crippen molar-refractivity contribution in [1.82, 2.24) is 5.32 Å². The average molecular weight is 285 g/mol. The molecule has 0 aliphatic carbocycles. The van der Waals surface area contributed by atoms with Gasteiger partial charge in [0.2, 0.25) is 0 Å². The third kappa shape index (κ3) is 3.92. The Bertz CT molecular complexity index is 489. The zero-order valence-corrected chi connectivity index (χ0v) is 11.9. The standard InChI is InChI=1S/C13H17ClN2O3/c1-4-11(8(2)3)15-13(17)9-5-6-12(16(18)19)10(14)7-9/h5-8,11H,4H2,1-3H3,(H,15,17). The number of halogens is 1. The molecule has 0 fully saturated rings. The Morgan fingerprint density at radius 2 is 2.11 bits per heavy atom. The van der Waals surface area contributed by atoms with E-state index in [1.165, 1.54) is 18.2 Å². The predicted octanol–water partition coefficient (Wildman–Crippen LogP) is 3.41. The van der Waals surface area contributed by atoms with E-state index in [1.54, 1.807) is 0 Å². The Kier molecular flexibility index (Phi) is 5.30. The van der Waals surface area contributed by atoms with E-state index in [2.05, 4.69) is 5.32 Å². The van der Waals surface area contributed by atoms with Crippen LogP contribution in [0.4, 0.5) is 5.69 Å². The number of nitrogens with one attached hydrogen (secondary N) is 1. The molecule has 0 saturated carbocycles. The number of benzene rings is 1. The van der Waals surface area contributed by atoms with Gasteiger partial charge in [0.25, 0.3) is 11.6 Å². The Hall–Kier alpha value is -1.62. The van der Waals surface area contributed by atoms with Crippen molar-refractivity contribution in [3.05, 3.63) is 38.9 Å². The fraction of sp³-hybridized carbons (Fsp3) is 0.462. The fourth-order valence-corrected chi connectivity index (χ4v) is 2.04. The van der Waals surface area contributed by atoms with Gasteiger partial charge in [0.05, 0.1) is 4.92 Å². The van der Waals surface area contributed by atoms with Crippen LogP contribution in [0.5, 0.6) is 0 Å². The van der Waals surface area contributed by atoms with Crippen LogP contribution in [0.2, 0.25) is 5.02 Å². The average Bonchev–Trinajstić information content (AvgIpc) is 2.34. The number of nitro groups is 1. The number of nitro benzene ring substituents is 1. The van der Waals surface area contributed by atoms with Crippen molar-refractivity contribution in [2.75, 3.05) is 0 Å². The van der Waals surface area contributed by atoms with E-state index in [0.29, 0.717) is 11.5 Å². The number of rotatable bonds is 5. The van der Waals surface area contributed by atoms with Crippen LogP contribution < -0.4 is 5.32 Å². The number of hydrogen-bond acceptors (Lipinski definition) is 3. The minimum atomic E-state index is -0.576. The molecule has 104 valence electrons. The second-order valence-corrected chi connectivity index (χ2v) is 5.06. The monoisotopic (exact) mass is 284 g/mol. The van der Waals surface area contributed by atoms with E-state index in [9.17, 15) is 14.9 Å². The second-order valence-electron chi connectivity index (χ2n) is 4.66. The van der Waals surface area contributed by atoms with Crippen LogP contribution >= 0.6 is 11.6 Å². The first kappa shape index (κ1) is 15.4. The Labute approximate surface area is 117 Å². The van der Waals surface area contributed by atoms with Gasteiger partial charge in [-0.25, -0.2) is 0 Å². The maximum atomic E-state index is 12.0. The van der Waals surface area contributed by atoms with Crippen molar-refractivity contribution in [2.45, 2.75) is 33.2 Å². The molecule has 19 heavy (non-hydrogen) atoms. The molecule has 1 rings (SSSR count). The molecule has 1 aromatic carbocycles. The predicted molar refractivity (Wildman–Crippen MR) is 74.5 cm³/mol. The molecule has 1 aromatic rings. The Balaban J connectivity index is 2.89. The van der Waals surface area contributed by atoms with Crippen LogP contribution in [0.25, 0.3) is 0 Å². The molecule has 0 saturated heterocycles. The lowest BCUT2D eigenvalue weighted by Crippen LogP contribution is -2.37. The summed E-state index contributed by atoms with van der Waals surface area (Å²) in [5, 5.41) is 13.5. The van der Waals surface area contributed by atoms with Gasteiger partial charge < -0.3 is 5.32 Å². The summed E-state index contributed by atoms with van der Waals surface area (Å²) in [7, 11) is 0. The second kappa shape index (κ2) is 6.52. The third-order valence-corrected chi connectivity index (χ3v) is 3.27. The van der Waals surface area contributed by atoms with Crippen LogP contribution in [0.15, 0.2) is 18.2 Å². The Morgan fingerprint density at radius 3 is 2.53 bits per heavy atom. The van der Waals surface area contributed by atoms with Gasteiger partial charge in [-0.1, -0.05) is 32.4 Å². The molecule has 0 aliphatic rings. The van der Waals surface area contributed by atoms with E-state index in [0.717, 1.165) is 6.42 Å². The van der Waals surface area contributed by atoms with E-state index in [4.69, 9.17) is 11.6 Å². The van der Waals surface area contributed by atoms with Gasteiger partial charge in [0, 0.05) is 17.7 Å². The molecule has 1 atom stereocenters. The molecule has 0 bridgehead atoms. The maximum absolute atomic E-state index is 12.0. The normalized spacial score (nSPS) is 12.3. The van der Waals surface area contributed by atoms with Gasteiger partial charge in [-0.3, -0.25) is 14.9 Å². The molecule has 1 amide bonds. The first-order chi connectivity index (χ1) is 8.86. The molecule has 1 unspecified atom stereocenters. The van der Waals surface area contributed by atoms with E-state index in [-0.39, 0.29) is 22.7 Å². The number of nitrogens with zero attached hydrogens (tertiary/aromatic N) is 1. The van der Waals surface area contributed by atoms with Gasteiger partial charge in [-0.05, 0) is 24.5 Å². The smallest absolute Gasteiger partial charge is 0.287 e. The summed E-state index contributed by atoms with van der Waals surface area (Å²) < 4.78 is 0. The van der Waals surface area contributed by atoms with Gasteiger partial charge in [-0.15, -0.1) is 0 Å². The van der Waals surface area contributed by atoms with E-state index < -0.39 is 4.92 Å². The molecule has 0 aliphatic heterocycles. The van der Waals surface area contributed by atoms with Crippen molar-refractivity contribution in [3.63, 3.8) is 0 Å². The van der Waals surface area contributed by atoms with Crippen LogP contribution in [0, 0.1) is 16.0 Å². The van der Waals surface area contributed by atoms with Crippen molar-refractivity contribution in [2.24, 2.45) is 5.92 Å². The maximum Gasteiger partial charge on any atom is 0.287 e. The van der Waals surface area contributed by atoms with E-state index >= 15 is 0 Å². The first-order valence-electron chi connectivity index (χ1n) is 6.11. The molecule has 6 heteroatoms. The summed E-state index contributed by atoms with van der Waals surface area (Å²) in [4.78, 5) is 22.1. The zero-order chi connectivity index (χ0) is 14.6. The summed E-state index contributed by atoms with van der Waals surface area (Å²) in [6.45, 7) is 6.04. The summed E-state index contributed by atoms with van der Waals surface area (Å²) in [5.74, 6) is 0.0554. The first-order valence-corrected chi connectivity index (χ1v) is 6.49. The molecule has 0 aromatic heterocycles. The number of amides is 1. The van der Waals surface area contributed by atoms with Crippen LogP contribution in [0.3, 0.4) is 0 Å². The van der Waals surface area contributed by atoms with Crippen molar-refractivity contribution < 1.29 is 9.72 Å². The van der Waals surface area contributed by atoms with Gasteiger partial charge in [0.1, 0.15) is 5.02 Å². The van der Waals surface area contributed by atoms with Crippen molar-refractivity contribution in [3.8, 4) is 0 Å². The number of carbonyl (C=O) groups is 1. The highest BCUT2D eigenvalue weighted by atomic mass is 35.5. The number of carbonyl (C=O) groups excluding carboxylic acids is 1. The van der Waals surface area contributed by atoms with Gasteiger partial charge in [0.15, 0.2) is 0 Å². The topological polar surface area (TPSA) is 72.2 Å². The summed E-state index contributed by atoms with van der Waals surface area (Å²) in [5.41, 5.74) is 0.129. The minimum Gasteiger partial charge on any atom is -0.349 e. The van der Waals surface area contributed by atoms with Crippen molar-refractivity contribution >= 4 is 23.2 Å². The van der Waals surface area contributed by atoms with E-state index in [1.807, 2.05) is 20.8 Å². The molecular weight excluding hydrogens is 268 g/mol. The fourth-order valence-electron chi connectivity index (χ4n) is 1.79. The molecule has 1 N–H and O–H groups in total. The third-order valence-electron chi connectivity index (χ3n) is 2.97. The quantitative estimate of drug-likeness (QED) is 0.665. The SMILES string of the molecule is CCC(NC(=O)c1ccc([N+](=O)[O-])c(Cl)c1)C(C)C. The lowest BCUT2D eigenvalue weighted by atomic mass is 10.0. The highest BCUT2D eigenvalue weighted by Gasteiger charge is 2.18. The van der Waals surface area contributed by atoms with Gasteiger partial charge in [-0.2, -0.15) is 0 Å². The molecule has 0 radical (unpaired) electrons. The van der Waals surface area contributed by atoms with Gasteiger partial charge >= 0.3 is 0 Å². The zero-order valence-electron chi connectivity index (χ0n) is 11.1. The molecule has 5 nitrogen and oxygen atoms in total. The van der Waals surface area contributed by atoms with Crippen LogP contribution in [-0.2, 0) is 0 Å². The lowest BCUT2D eigenvalue weighted by molar-refractivity contribution is -0.384. The highest BCUT2D eigenvalue weighted by Crippen LogP contribution is 2.25. The van der Waals surface area contributed by atoms with Crippen LogP contribution in [0.1, 0.15) is 37.6 Å². The highest BCUT2D eigenvalue weighted by molar-refractivity contribution is 6.33. The van der Waals surface area contributed by atoms with Crippen LogP contribution in [-0.4, -0.2) is 16.9 Å². The molecule has 0 spiro atoms. The summed E-state index contributed by atoms with van der Waals surface area (Å²) in [6, 6.07) is 4.05. The lowest BCUT2D eigenvalue weighted by Gasteiger charge is -2.20. The summed E-state index contributed by atoms with van der Waals surface area (Å²) in [6.07, 6.45) is 0.824. The largest absolute Gasteiger partial charge is 0.349 e. The van der Waals surface area contributed by atoms with Crippen molar-refractivity contribution in [1.29, 1.82) is 0 Å². The number of hydrogen-bond donors (Lipinski definition) is 1. The minimum absolute atomic E-state index is 0.0322. The Morgan fingerprint density at radius 1 is 1.47 bits per heavy atom. The molecular formula is C13H17ClN2O3.